The van der Waals surface area contributed by atoms with Crippen LogP contribution in [0, 0.1) is 0 Å². The van der Waals surface area contributed by atoms with Crippen molar-refractivity contribution in [2.24, 2.45) is 0 Å². The molecule has 1 heterocycles. The van der Waals surface area contributed by atoms with Crippen LogP contribution in [0.1, 0.15) is 12.8 Å². The first kappa shape index (κ1) is 10.1. The number of hydrogen-bond donors (Lipinski definition) is 0. The van der Waals surface area contributed by atoms with Gasteiger partial charge in [0.05, 0.1) is 13.7 Å². The number of alkyl halides is 1. The lowest BCUT2D eigenvalue weighted by molar-refractivity contribution is -0.154. The SMILES string of the molecule is CON1CCCC(F)C1.Cl. The maximum absolute atomic E-state index is 12.5. The molecule has 0 aromatic carbocycles. The van der Waals surface area contributed by atoms with Crippen LogP contribution in [0.3, 0.4) is 0 Å². The molecule has 0 amide bonds. The van der Waals surface area contributed by atoms with Gasteiger partial charge >= 0.3 is 0 Å². The van der Waals surface area contributed by atoms with Crippen LogP contribution in [-0.2, 0) is 4.84 Å². The Morgan fingerprint density at radius 2 is 2.30 bits per heavy atom. The maximum Gasteiger partial charge on any atom is 0.115 e. The normalized spacial score (nSPS) is 27.6. The van der Waals surface area contributed by atoms with Crippen LogP contribution in [0.25, 0.3) is 0 Å². The van der Waals surface area contributed by atoms with Gasteiger partial charge in [-0.1, -0.05) is 0 Å². The number of piperidine rings is 1. The van der Waals surface area contributed by atoms with Crippen molar-refractivity contribution in [2.45, 2.75) is 19.0 Å². The topological polar surface area (TPSA) is 12.5 Å². The van der Waals surface area contributed by atoms with Crippen LogP contribution in [-0.4, -0.2) is 31.4 Å². The third-order valence-electron chi connectivity index (χ3n) is 1.58. The van der Waals surface area contributed by atoms with E-state index in [1.807, 2.05) is 0 Å². The molecule has 1 fully saturated rings. The average Bonchev–Trinajstić information content (AvgIpc) is 1.88. The minimum atomic E-state index is -0.682. The van der Waals surface area contributed by atoms with Crippen molar-refractivity contribution in [3.05, 3.63) is 0 Å². The van der Waals surface area contributed by atoms with Crippen molar-refractivity contribution in [3.63, 3.8) is 0 Å². The van der Waals surface area contributed by atoms with Crippen LogP contribution >= 0.6 is 12.4 Å². The van der Waals surface area contributed by atoms with E-state index in [2.05, 4.69) is 0 Å². The third-order valence-corrected chi connectivity index (χ3v) is 1.58. The zero-order valence-corrected chi connectivity index (χ0v) is 6.86. The van der Waals surface area contributed by atoms with Crippen LogP contribution in [0.4, 0.5) is 4.39 Å². The van der Waals surface area contributed by atoms with E-state index in [0.717, 1.165) is 13.0 Å². The molecule has 0 aromatic rings. The molecular weight excluding hydrogens is 157 g/mol. The second-order valence-corrected chi connectivity index (χ2v) is 2.31. The largest absolute Gasteiger partial charge is 0.302 e. The molecule has 1 saturated heterocycles. The fourth-order valence-corrected chi connectivity index (χ4v) is 1.06. The zero-order valence-electron chi connectivity index (χ0n) is 6.05. The highest BCUT2D eigenvalue weighted by atomic mass is 35.5. The second kappa shape index (κ2) is 4.88. The minimum absolute atomic E-state index is 0. The number of hydroxylamine groups is 2. The monoisotopic (exact) mass is 169 g/mol. The van der Waals surface area contributed by atoms with Crippen LogP contribution in [0.5, 0.6) is 0 Å². The van der Waals surface area contributed by atoms with Gasteiger partial charge in [-0.2, -0.15) is 5.06 Å². The molecule has 0 bridgehead atoms. The Labute approximate surface area is 66.7 Å². The zero-order chi connectivity index (χ0) is 6.69. The molecule has 1 aliphatic rings. The summed E-state index contributed by atoms with van der Waals surface area (Å²) in [5.74, 6) is 0. The van der Waals surface area contributed by atoms with Crippen LogP contribution < -0.4 is 0 Å². The predicted octanol–water partition coefficient (Wildman–Crippen LogP) is 1.40. The first-order valence-electron chi connectivity index (χ1n) is 3.26. The summed E-state index contributed by atoms with van der Waals surface area (Å²) in [5, 5.41) is 1.66. The Balaban J connectivity index is 0.000000810. The van der Waals surface area contributed by atoms with E-state index in [1.165, 1.54) is 0 Å². The molecule has 4 heteroatoms. The Morgan fingerprint density at radius 3 is 2.70 bits per heavy atom. The number of rotatable bonds is 1. The smallest absolute Gasteiger partial charge is 0.115 e. The molecule has 1 aliphatic heterocycles. The molecule has 1 atom stereocenters. The minimum Gasteiger partial charge on any atom is -0.302 e. The molecule has 1 unspecified atom stereocenters. The molecule has 0 aromatic heterocycles. The van der Waals surface area contributed by atoms with Crippen molar-refractivity contribution >= 4 is 12.4 Å². The summed E-state index contributed by atoms with van der Waals surface area (Å²) in [5.41, 5.74) is 0. The summed E-state index contributed by atoms with van der Waals surface area (Å²) >= 11 is 0. The lowest BCUT2D eigenvalue weighted by atomic mass is 10.1. The highest BCUT2D eigenvalue weighted by Crippen LogP contribution is 2.11. The lowest BCUT2D eigenvalue weighted by Crippen LogP contribution is -2.35. The maximum atomic E-state index is 12.5. The van der Waals surface area contributed by atoms with Crippen molar-refractivity contribution in [1.82, 2.24) is 5.06 Å². The molecule has 1 rings (SSSR count). The summed E-state index contributed by atoms with van der Waals surface area (Å²) in [7, 11) is 1.58. The molecule has 0 spiro atoms. The van der Waals surface area contributed by atoms with E-state index in [0.29, 0.717) is 13.0 Å². The van der Waals surface area contributed by atoms with Gasteiger partial charge in [0.2, 0.25) is 0 Å². The van der Waals surface area contributed by atoms with Crippen LogP contribution in [0.15, 0.2) is 0 Å². The summed E-state index contributed by atoms with van der Waals surface area (Å²) in [6.45, 7) is 1.31. The van der Waals surface area contributed by atoms with Gasteiger partial charge in [0.1, 0.15) is 6.17 Å². The predicted molar refractivity (Wildman–Crippen MR) is 40.0 cm³/mol. The van der Waals surface area contributed by atoms with Crippen molar-refractivity contribution in [3.8, 4) is 0 Å². The highest BCUT2D eigenvalue weighted by Gasteiger charge is 2.17. The molecule has 62 valence electrons. The van der Waals surface area contributed by atoms with Gasteiger partial charge in [0, 0.05) is 6.54 Å². The van der Waals surface area contributed by atoms with E-state index in [-0.39, 0.29) is 12.4 Å². The summed E-state index contributed by atoms with van der Waals surface area (Å²) in [4.78, 5) is 4.85. The van der Waals surface area contributed by atoms with Gasteiger partial charge in [-0.05, 0) is 12.8 Å². The second-order valence-electron chi connectivity index (χ2n) is 2.31. The molecule has 0 aliphatic carbocycles. The highest BCUT2D eigenvalue weighted by molar-refractivity contribution is 5.85. The number of nitrogens with zero attached hydrogens (tertiary/aromatic N) is 1. The first-order valence-corrected chi connectivity index (χ1v) is 3.26. The average molecular weight is 170 g/mol. The van der Waals surface area contributed by atoms with E-state index in [1.54, 1.807) is 12.2 Å². The fraction of sp³-hybridized carbons (Fsp3) is 1.00. The number of halogens is 2. The van der Waals surface area contributed by atoms with Crippen molar-refractivity contribution in [1.29, 1.82) is 0 Å². The molecular formula is C6H13ClFNO. The van der Waals surface area contributed by atoms with Gasteiger partial charge in [-0.3, -0.25) is 0 Å². The quantitative estimate of drug-likeness (QED) is 0.589. The Hall–Kier alpha value is 0.140. The van der Waals surface area contributed by atoms with Crippen molar-refractivity contribution in [2.75, 3.05) is 20.2 Å². The Morgan fingerprint density at radius 1 is 1.60 bits per heavy atom. The summed E-state index contributed by atoms with van der Waals surface area (Å²) < 4.78 is 12.5. The van der Waals surface area contributed by atoms with E-state index < -0.39 is 6.17 Å². The summed E-state index contributed by atoms with van der Waals surface area (Å²) in [6.07, 6.45) is 0.924. The number of hydrogen-bond acceptors (Lipinski definition) is 2. The summed E-state index contributed by atoms with van der Waals surface area (Å²) in [6, 6.07) is 0. The van der Waals surface area contributed by atoms with Gasteiger partial charge in [0.15, 0.2) is 0 Å². The molecule has 0 saturated carbocycles. The van der Waals surface area contributed by atoms with Gasteiger partial charge in [-0.25, -0.2) is 4.39 Å². The third kappa shape index (κ3) is 2.82. The molecule has 0 radical (unpaired) electrons. The lowest BCUT2D eigenvalue weighted by Gasteiger charge is -2.26. The van der Waals surface area contributed by atoms with Gasteiger partial charge < -0.3 is 4.84 Å². The van der Waals surface area contributed by atoms with E-state index in [4.69, 9.17) is 4.84 Å². The van der Waals surface area contributed by atoms with Gasteiger partial charge in [-0.15, -0.1) is 12.4 Å². The Bertz CT molecular complexity index is 93.8. The Kier molecular flexibility index (Phi) is 4.95. The first-order chi connectivity index (χ1) is 4.33. The fourth-order valence-electron chi connectivity index (χ4n) is 1.06. The van der Waals surface area contributed by atoms with E-state index >= 15 is 0 Å². The molecule has 2 nitrogen and oxygen atoms in total. The standard InChI is InChI=1S/C6H12FNO.ClH/c1-9-8-4-2-3-6(7)5-8;/h6H,2-5H2,1H3;1H. The van der Waals surface area contributed by atoms with Crippen molar-refractivity contribution < 1.29 is 9.23 Å². The van der Waals surface area contributed by atoms with Crippen LogP contribution in [0.2, 0.25) is 0 Å². The molecule has 0 N–H and O–H groups in total. The molecule has 10 heavy (non-hydrogen) atoms. The van der Waals surface area contributed by atoms with E-state index in [9.17, 15) is 4.39 Å². The van der Waals surface area contributed by atoms with Gasteiger partial charge in [0.25, 0.3) is 0 Å².